The normalized spacial score (nSPS) is 11.6. The molecule has 0 N–H and O–H groups in total. The molecule has 0 radical (unpaired) electrons. The molecule has 9 aromatic rings. The van der Waals surface area contributed by atoms with Crippen LogP contribution in [0, 0.1) is 0 Å². The highest BCUT2D eigenvalue weighted by Crippen LogP contribution is 2.39. The van der Waals surface area contributed by atoms with Gasteiger partial charge in [0, 0.05) is 39.2 Å². The summed E-state index contributed by atoms with van der Waals surface area (Å²) in [6, 6.07) is 47.5. The Bertz CT molecular complexity index is 2550. The first-order valence-corrected chi connectivity index (χ1v) is 14.9. The summed E-state index contributed by atoms with van der Waals surface area (Å²) in [5.41, 5.74) is 6.25. The van der Waals surface area contributed by atoms with Crippen LogP contribution in [-0.2, 0) is 0 Å². The molecule has 210 valence electrons. The van der Waals surface area contributed by atoms with E-state index < -0.39 is 0 Å². The largest absolute Gasteiger partial charge is 0.455 e. The average Bonchev–Trinajstić information content (AvgIpc) is 3.51. The summed E-state index contributed by atoms with van der Waals surface area (Å²) in [5.74, 6) is 1.86. The van der Waals surface area contributed by atoms with Gasteiger partial charge in [-0.3, -0.25) is 4.98 Å². The molecule has 9 rings (SSSR count). The van der Waals surface area contributed by atoms with Gasteiger partial charge < -0.3 is 4.42 Å². The lowest BCUT2D eigenvalue weighted by Crippen LogP contribution is -2.00. The maximum atomic E-state index is 6.43. The fourth-order valence-corrected chi connectivity index (χ4v) is 6.15. The van der Waals surface area contributed by atoms with E-state index in [9.17, 15) is 0 Å². The number of hydrogen-bond donors (Lipinski definition) is 0. The Hall–Kier alpha value is -6.20. The molecular weight excluding hydrogens is 552 g/mol. The van der Waals surface area contributed by atoms with E-state index in [4.69, 9.17) is 24.4 Å². The second-order valence-electron chi connectivity index (χ2n) is 11.1. The third-order valence-electron chi connectivity index (χ3n) is 8.34. The molecule has 0 spiro atoms. The van der Waals surface area contributed by atoms with Crippen molar-refractivity contribution in [3.63, 3.8) is 0 Å². The summed E-state index contributed by atoms with van der Waals surface area (Å²) in [4.78, 5) is 19.8. The molecule has 0 aliphatic rings. The lowest BCUT2D eigenvalue weighted by molar-refractivity contribution is 0.672. The summed E-state index contributed by atoms with van der Waals surface area (Å²) in [5, 5.41) is 6.58. The van der Waals surface area contributed by atoms with Crippen LogP contribution in [0.5, 0.6) is 0 Å². The maximum Gasteiger partial charge on any atom is 0.164 e. The third-order valence-corrected chi connectivity index (χ3v) is 8.34. The summed E-state index contributed by atoms with van der Waals surface area (Å²) in [6.45, 7) is 0. The van der Waals surface area contributed by atoms with Gasteiger partial charge in [-0.15, -0.1) is 0 Å². The number of nitrogens with zero attached hydrogens (tertiary/aromatic N) is 4. The number of fused-ring (bicyclic) bond motifs is 6. The summed E-state index contributed by atoms with van der Waals surface area (Å²) < 4.78 is 6.43. The Morgan fingerprint density at radius 3 is 1.91 bits per heavy atom. The Labute approximate surface area is 258 Å². The van der Waals surface area contributed by atoms with Crippen molar-refractivity contribution in [2.75, 3.05) is 0 Å². The van der Waals surface area contributed by atoms with Gasteiger partial charge in [0.15, 0.2) is 17.5 Å². The minimum Gasteiger partial charge on any atom is -0.455 e. The molecule has 0 amide bonds. The van der Waals surface area contributed by atoms with E-state index in [1.807, 2.05) is 79.0 Å². The first-order valence-electron chi connectivity index (χ1n) is 14.9. The lowest BCUT2D eigenvalue weighted by Gasteiger charge is -2.10. The number of pyridine rings is 1. The van der Waals surface area contributed by atoms with Crippen molar-refractivity contribution in [1.82, 2.24) is 19.9 Å². The van der Waals surface area contributed by atoms with Crippen LogP contribution in [0.2, 0.25) is 0 Å². The van der Waals surface area contributed by atoms with Gasteiger partial charge in [-0.05, 0) is 40.4 Å². The first kappa shape index (κ1) is 25.3. The van der Waals surface area contributed by atoms with Crippen LogP contribution in [0.4, 0.5) is 0 Å². The van der Waals surface area contributed by atoms with E-state index in [1.165, 1.54) is 5.39 Å². The van der Waals surface area contributed by atoms with Crippen LogP contribution in [0.15, 0.2) is 150 Å². The SMILES string of the molecule is c1ccc(-c2nc(-c3cccc(-c4nccc5oc6c7ccccc7ccc6c45)c3)nc(-c3ccc4ccccc4c3)n2)cc1. The van der Waals surface area contributed by atoms with Gasteiger partial charge in [0.05, 0.1) is 11.1 Å². The van der Waals surface area contributed by atoms with Gasteiger partial charge in [0.1, 0.15) is 11.2 Å². The van der Waals surface area contributed by atoms with Gasteiger partial charge in [0.25, 0.3) is 0 Å². The molecule has 0 bridgehead atoms. The highest BCUT2D eigenvalue weighted by atomic mass is 16.3. The van der Waals surface area contributed by atoms with Gasteiger partial charge in [-0.2, -0.15) is 0 Å². The Morgan fingerprint density at radius 2 is 1.07 bits per heavy atom. The van der Waals surface area contributed by atoms with Crippen LogP contribution in [0.3, 0.4) is 0 Å². The van der Waals surface area contributed by atoms with Crippen LogP contribution in [-0.4, -0.2) is 19.9 Å². The Kier molecular flexibility index (Phi) is 5.74. The summed E-state index contributed by atoms with van der Waals surface area (Å²) >= 11 is 0. The predicted octanol–water partition coefficient (Wildman–Crippen LogP) is 10.1. The van der Waals surface area contributed by atoms with Crippen LogP contribution < -0.4 is 0 Å². The van der Waals surface area contributed by atoms with Gasteiger partial charge in [0.2, 0.25) is 0 Å². The van der Waals surface area contributed by atoms with Crippen molar-refractivity contribution in [1.29, 1.82) is 0 Å². The molecule has 0 unspecified atom stereocenters. The number of furan rings is 1. The summed E-state index contributed by atoms with van der Waals surface area (Å²) in [7, 11) is 0. The third kappa shape index (κ3) is 4.33. The Morgan fingerprint density at radius 1 is 0.422 bits per heavy atom. The molecular formula is C40H24N4O. The second-order valence-corrected chi connectivity index (χ2v) is 11.1. The van der Waals surface area contributed by atoms with E-state index in [1.54, 1.807) is 0 Å². The minimum absolute atomic E-state index is 0.601. The quantitative estimate of drug-likeness (QED) is 0.209. The number of aromatic nitrogens is 4. The monoisotopic (exact) mass is 576 g/mol. The first-order chi connectivity index (χ1) is 22.3. The van der Waals surface area contributed by atoms with Crippen LogP contribution in [0.25, 0.3) is 88.9 Å². The standard InChI is InChI=1S/C40H24N4O/c1-2-11-27(12-3-1)38-42-39(44-40(43-38)31-18-17-25-9-4-5-13-28(25)23-31)30-15-8-14-29(24-30)36-35-33-20-19-26-10-6-7-16-32(26)37(33)45-34(35)21-22-41-36/h1-24H. The van der Waals surface area contributed by atoms with Crippen molar-refractivity contribution in [2.45, 2.75) is 0 Å². The van der Waals surface area contributed by atoms with E-state index >= 15 is 0 Å². The zero-order valence-corrected chi connectivity index (χ0v) is 24.1. The van der Waals surface area contributed by atoms with E-state index in [2.05, 4.69) is 66.7 Å². The molecule has 0 aliphatic heterocycles. The molecule has 3 aromatic heterocycles. The zero-order valence-electron chi connectivity index (χ0n) is 24.1. The maximum absolute atomic E-state index is 6.43. The van der Waals surface area contributed by atoms with Crippen molar-refractivity contribution >= 4 is 43.5 Å². The fraction of sp³-hybridized carbons (Fsp3) is 0. The number of hydrogen-bond acceptors (Lipinski definition) is 5. The molecule has 0 saturated heterocycles. The highest BCUT2D eigenvalue weighted by Gasteiger charge is 2.17. The predicted molar refractivity (Wildman–Crippen MR) is 182 cm³/mol. The molecule has 5 heteroatoms. The molecule has 5 nitrogen and oxygen atoms in total. The zero-order chi connectivity index (χ0) is 29.7. The molecule has 0 saturated carbocycles. The smallest absolute Gasteiger partial charge is 0.164 e. The van der Waals surface area contributed by atoms with Crippen molar-refractivity contribution in [2.24, 2.45) is 0 Å². The van der Waals surface area contributed by atoms with Gasteiger partial charge >= 0.3 is 0 Å². The van der Waals surface area contributed by atoms with E-state index in [-0.39, 0.29) is 0 Å². The second kappa shape index (κ2) is 10.2. The van der Waals surface area contributed by atoms with E-state index in [0.717, 1.165) is 66.0 Å². The highest BCUT2D eigenvalue weighted by molar-refractivity contribution is 6.18. The summed E-state index contributed by atoms with van der Waals surface area (Å²) in [6.07, 6.45) is 1.81. The van der Waals surface area contributed by atoms with Crippen molar-refractivity contribution in [3.8, 4) is 45.4 Å². The Balaban J connectivity index is 1.22. The molecule has 3 heterocycles. The average molecular weight is 577 g/mol. The molecule has 0 atom stereocenters. The fourth-order valence-electron chi connectivity index (χ4n) is 6.15. The van der Waals surface area contributed by atoms with E-state index in [0.29, 0.717) is 17.5 Å². The molecule has 45 heavy (non-hydrogen) atoms. The molecule has 6 aromatic carbocycles. The number of benzene rings is 6. The molecule has 0 fully saturated rings. The topological polar surface area (TPSA) is 64.7 Å². The molecule has 0 aliphatic carbocycles. The lowest BCUT2D eigenvalue weighted by atomic mass is 10.0. The van der Waals surface area contributed by atoms with Crippen LogP contribution in [0.1, 0.15) is 0 Å². The van der Waals surface area contributed by atoms with Crippen LogP contribution >= 0.6 is 0 Å². The van der Waals surface area contributed by atoms with Gasteiger partial charge in [-0.25, -0.2) is 15.0 Å². The van der Waals surface area contributed by atoms with Crippen molar-refractivity contribution in [3.05, 3.63) is 146 Å². The minimum atomic E-state index is 0.601. The van der Waals surface area contributed by atoms with Crippen molar-refractivity contribution < 1.29 is 4.42 Å². The van der Waals surface area contributed by atoms with Gasteiger partial charge in [-0.1, -0.05) is 115 Å². The number of rotatable bonds is 4.